The number of alkyl halides is 3. The lowest BCUT2D eigenvalue weighted by molar-refractivity contribution is -0.0328. The molecule has 0 fully saturated rings. The van der Waals surface area contributed by atoms with E-state index < -0.39 is 11.6 Å². The van der Waals surface area contributed by atoms with E-state index in [1.807, 2.05) is 19.0 Å². The number of likely N-dealkylation sites (N-methyl/N-ethyl adjacent to an activating group) is 1. The molecule has 0 amide bonds. The molecule has 0 saturated carbocycles. The van der Waals surface area contributed by atoms with Crippen LogP contribution in [0, 0.1) is 0 Å². The largest absolute Gasteiger partial charge is 0.446 e. The molecule has 0 spiro atoms. The van der Waals surface area contributed by atoms with E-state index in [2.05, 4.69) is 5.32 Å². The molecule has 1 aromatic carbocycles. The molecule has 114 valence electrons. The van der Waals surface area contributed by atoms with Gasteiger partial charge in [0.2, 0.25) is 0 Å². The van der Waals surface area contributed by atoms with Crippen molar-refractivity contribution in [2.75, 3.05) is 27.2 Å². The molecule has 0 saturated heterocycles. The lowest BCUT2D eigenvalue weighted by atomic mass is 10.2. The molecule has 0 aliphatic heterocycles. The van der Waals surface area contributed by atoms with Crippen LogP contribution in [0.3, 0.4) is 0 Å². The fourth-order valence-corrected chi connectivity index (χ4v) is 2.22. The molecule has 1 aromatic rings. The molecular weight excluding hydrogens is 289 g/mol. The van der Waals surface area contributed by atoms with Gasteiger partial charge in [0.1, 0.15) is 0 Å². The maximum atomic E-state index is 12.2. The molecule has 0 bridgehead atoms. The Balaban J connectivity index is 2.35. The molecule has 1 rings (SSSR count). The van der Waals surface area contributed by atoms with E-state index in [9.17, 15) is 18.3 Å². The normalized spacial score (nSPS) is 13.8. The van der Waals surface area contributed by atoms with Crippen molar-refractivity contribution in [3.63, 3.8) is 0 Å². The van der Waals surface area contributed by atoms with Gasteiger partial charge in [0.25, 0.3) is 0 Å². The molecule has 0 aliphatic carbocycles. The van der Waals surface area contributed by atoms with Crippen LogP contribution in [0.4, 0.5) is 13.2 Å². The Bertz CT molecular complexity index is 396. The Morgan fingerprint density at radius 1 is 1.25 bits per heavy atom. The molecule has 0 radical (unpaired) electrons. The third-order valence-corrected chi connectivity index (χ3v) is 3.18. The van der Waals surface area contributed by atoms with Crippen LogP contribution in [-0.4, -0.2) is 48.8 Å². The number of aliphatic hydroxyl groups excluding tert-OH is 1. The summed E-state index contributed by atoms with van der Waals surface area (Å²) in [5, 5.41) is 12.7. The van der Waals surface area contributed by atoms with Gasteiger partial charge in [0, 0.05) is 24.5 Å². The maximum Gasteiger partial charge on any atom is 0.446 e. The average molecular weight is 308 g/mol. The Morgan fingerprint density at radius 3 is 2.35 bits per heavy atom. The molecule has 2 N–H and O–H groups in total. The predicted molar refractivity (Wildman–Crippen MR) is 74.6 cm³/mol. The second-order valence-electron chi connectivity index (χ2n) is 4.74. The van der Waals surface area contributed by atoms with Crippen LogP contribution in [0.5, 0.6) is 0 Å². The second-order valence-corrected chi connectivity index (χ2v) is 5.88. The van der Waals surface area contributed by atoms with Crippen molar-refractivity contribution in [3.8, 4) is 0 Å². The highest BCUT2D eigenvalue weighted by molar-refractivity contribution is 8.00. The van der Waals surface area contributed by atoms with Gasteiger partial charge in [-0.05, 0) is 43.6 Å². The molecule has 1 atom stereocenters. The summed E-state index contributed by atoms with van der Waals surface area (Å²) >= 11 is -0.121. The van der Waals surface area contributed by atoms with E-state index in [1.165, 1.54) is 12.1 Å². The Kier molecular flexibility index (Phi) is 6.81. The van der Waals surface area contributed by atoms with Crippen LogP contribution in [0.1, 0.15) is 5.56 Å². The quantitative estimate of drug-likeness (QED) is 0.758. The van der Waals surface area contributed by atoms with Crippen molar-refractivity contribution < 1.29 is 18.3 Å². The summed E-state index contributed by atoms with van der Waals surface area (Å²) in [5.74, 6) is 0. The molecule has 3 nitrogen and oxygen atoms in total. The minimum atomic E-state index is -4.25. The second kappa shape index (κ2) is 7.87. The van der Waals surface area contributed by atoms with Crippen molar-refractivity contribution in [1.29, 1.82) is 0 Å². The number of rotatable bonds is 7. The monoisotopic (exact) mass is 308 g/mol. The van der Waals surface area contributed by atoms with E-state index >= 15 is 0 Å². The molecule has 20 heavy (non-hydrogen) atoms. The molecule has 0 aliphatic rings. The average Bonchev–Trinajstić information content (AvgIpc) is 2.28. The lowest BCUT2D eigenvalue weighted by Crippen LogP contribution is -2.34. The molecule has 1 unspecified atom stereocenters. The number of nitrogens with one attached hydrogen (secondary N) is 1. The first-order chi connectivity index (χ1) is 9.26. The van der Waals surface area contributed by atoms with Gasteiger partial charge < -0.3 is 15.3 Å². The first-order valence-electron chi connectivity index (χ1n) is 6.14. The van der Waals surface area contributed by atoms with Crippen LogP contribution < -0.4 is 5.32 Å². The van der Waals surface area contributed by atoms with Gasteiger partial charge in [-0.1, -0.05) is 12.1 Å². The number of aliphatic hydroxyl groups is 1. The minimum absolute atomic E-state index is 0.121. The summed E-state index contributed by atoms with van der Waals surface area (Å²) in [4.78, 5) is 2.06. The van der Waals surface area contributed by atoms with Gasteiger partial charge in [-0.25, -0.2) is 0 Å². The molecular formula is C13H19F3N2OS. The first kappa shape index (κ1) is 17.3. The Hall–Kier alpha value is -0.760. The van der Waals surface area contributed by atoms with Gasteiger partial charge in [0.15, 0.2) is 0 Å². The Morgan fingerprint density at radius 2 is 1.85 bits per heavy atom. The van der Waals surface area contributed by atoms with Crippen molar-refractivity contribution in [2.45, 2.75) is 23.1 Å². The van der Waals surface area contributed by atoms with E-state index in [4.69, 9.17) is 0 Å². The van der Waals surface area contributed by atoms with Crippen LogP contribution in [0.25, 0.3) is 0 Å². The van der Waals surface area contributed by atoms with Gasteiger partial charge in [-0.2, -0.15) is 13.2 Å². The van der Waals surface area contributed by atoms with Crippen molar-refractivity contribution in [1.82, 2.24) is 10.2 Å². The molecule has 7 heteroatoms. The molecule has 0 heterocycles. The van der Waals surface area contributed by atoms with E-state index in [0.717, 1.165) is 5.56 Å². The highest BCUT2D eigenvalue weighted by Gasteiger charge is 2.28. The zero-order chi connectivity index (χ0) is 15.2. The zero-order valence-corrected chi connectivity index (χ0v) is 12.3. The minimum Gasteiger partial charge on any atom is -0.390 e. The predicted octanol–water partition coefficient (Wildman–Crippen LogP) is 2.31. The summed E-state index contributed by atoms with van der Waals surface area (Å²) in [5.41, 5.74) is -3.37. The fraction of sp³-hybridized carbons (Fsp3) is 0.538. The van der Waals surface area contributed by atoms with Crippen molar-refractivity contribution in [2.24, 2.45) is 0 Å². The number of hydrogen-bond donors (Lipinski definition) is 2. The fourth-order valence-electron chi connectivity index (χ4n) is 1.68. The standard InChI is InChI=1S/C13H19F3N2OS/c1-18(2)9-11(19)8-17-7-10-3-5-12(6-4-10)20-13(14,15)16/h3-6,11,17,19H,7-9H2,1-2H3. The van der Waals surface area contributed by atoms with Gasteiger partial charge in [-0.3, -0.25) is 0 Å². The van der Waals surface area contributed by atoms with Crippen LogP contribution in [0.2, 0.25) is 0 Å². The SMILES string of the molecule is CN(C)CC(O)CNCc1ccc(SC(F)(F)F)cc1. The Labute approximate surface area is 121 Å². The van der Waals surface area contributed by atoms with Crippen LogP contribution in [-0.2, 0) is 6.54 Å². The topological polar surface area (TPSA) is 35.5 Å². The third kappa shape index (κ3) is 7.74. The van der Waals surface area contributed by atoms with Gasteiger partial charge in [0.05, 0.1) is 6.10 Å². The van der Waals surface area contributed by atoms with Crippen LogP contribution >= 0.6 is 11.8 Å². The highest BCUT2D eigenvalue weighted by atomic mass is 32.2. The van der Waals surface area contributed by atoms with E-state index in [1.54, 1.807) is 12.1 Å². The summed E-state index contributed by atoms with van der Waals surface area (Å²) < 4.78 is 36.5. The van der Waals surface area contributed by atoms with Crippen LogP contribution in [0.15, 0.2) is 29.2 Å². The summed E-state index contributed by atoms with van der Waals surface area (Å²) in [6.45, 7) is 1.52. The first-order valence-corrected chi connectivity index (χ1v) is 6.96. The number of thioether (sulfide) groups is 1. The van der Waals surface area contributed by atoms with Gasteiger partial charge >= 0.3 is 5.51 Å². The summed E-state index contributed by atoms with van der Waals surface area (Å²) in [6, 6.07) is 6.20. The molecule has 0 aromatic heterocycles. The summed E-state index contributed by atoms with van der Waals surface area (Å²) in [7, 11) is 3.75. The van der Waals surface area contributed by atoms with Crippen molar-refractivity contribution >= 4 is 11.8 Å². The van der Waals surface area contributed by atoms with E-state index in [0.29, 0.717) is 19.6 Å². The smallest absolute Gasteiger partial charge is 0.390 e. The number of nitrogens with zero attached hydrogens (tertiary/aromatic N) is 1. The summed E-state index contributed by atoms with van der Waals surface area (Å²) in [6.07, 6.45) is -0.468. The number of hydrogen-bond acceptors (Lipinski definition) is 4. The number of halogens is 3. The zero-order valence-electron chi connectivity index (χ0n) is 11.4. The van der Waals surface area contributed by atoms with E-state index in [-0.39, 0.29) is 16.7 Å². The third-order valence-electron chi connectivity index (χ3n) is 2.44. The highest BCUT2D eigenvalue weighted by Crippen LogP contribution is 2.36. The number of benzene rings is 1. The maximum absolute atomic E-state index is 12.2. The lowest BCUT2D eigenvalue weighted by Gasteiger charge is -2.16. The van der Waals surface area contributed by atoms with Gasteiger partial charge in [-0.15, -0.1) is 0 Å². The van der Waals surface area contributed by atoms with Crippen molar-refractivity contribution in [3.05, 3.63) is 29.8 Å².